The van der Waals surface area contributed by atoms with Gasteiger partial charge in [-0.05, 0) is 11.6 Å². The van der Waals surface area contributed by atoms with Gasteiger partial charge >= 0.3 is 0 Å². The molecule has 3 aromatic rings. The number of carbonyl (C=O) groups is 2. The largest absolute Gasteiger partial charge is 0.493 e. The van der Waals surface area contributed by atoms with E-state index in [1.165, 1.54) is 0 Å². The Balaban J connectivity index is 1.33. The van der Waals surface area contributed by atoms with Crippen LogP contribution in [0.3, 0.4) is 0 Å². The molecule has 0 bridgehead atoms. The van der Waals surface area contributed by atoms with Gasteiger partial charge in [-0.2, -0.15) is 0 Å². The Morgan fingerprint density at radius 2 is 1.64 bits per heavy atom. The molecular formula is C27H22O6. The topological polar surface area (TPSA) is 71.1 Å². The molecule has 1 saturated heterocycles. The molecule has 1 fully saturated rings. The van der Waals surface area contributed by atoms with Gasteiger partial charge in [-0.25, -0.2) is 0 Å². The lowest BCUT2D eigenvalue weighted by Gasteiger charge is -2.40. The first-order valence-electron chi connectivity index (χ1n) is 11.0. The van der Waals surface area contributed by atoms with Crippen molar-refractivity contribution < 1.29 is 28.5 Å². The van der Waals surface area contributed by atoms with Crippen LogP contribution in [0.1, 0.15) is 37.8 Å². The molecule has 4 atom stereocenters. The molecule has 6 heteroatoms. The van der Waals surface area contributed by atoms with Crippen LogP contribution < -0.4 is 14.2 Å². The van der Waals surface area contributed by atoms with Gasteiger partial charge in [0.25, 0.3) is 0 Å². The lowest BCUT2D eigenvalue weighted by molar-refractivity contribution is -0.0593. The van der Waals surface area contributed by atoms with Crippen LogP contribution in [0.5, 0.6) is 17.2 Å². The maximum Gasteiger partial charge on any atom is 0.193 e. The summed E-state index contributed by atoms with van der Waals surface area (Å²) >= 11 is 0. The molecule has 33 heavy (non-hydrogen) atoms. The second-order valence-electron chi connectivity index (χ2n) is 8.56. The van der Waals surface area contributed by atoms with Gasteiger partial charge in [-0.1, -0.05) is 54.6 Å². The van der Waals surface area contributed by atoms with Crippen molar-refractivity contribution in [3.05, 3.63) is 89.0 Å². The maximum atomic E-state index is 13.4. The van der Waals surface area contributed by atoms with E-state index in [0.29, 0.717) is 41.6 Å². The van der Waals surface area contributed by atoms with Gasteiger partial charge in [-0.3, -0.25) is 9.59 Å². The van der Waals surface area contributed by atoms with Crippen molar-refractivity contribution in [2.45, 2.75) is 24.7 Å². The van der Waals surface area contributed by atoms with Crippen molar-refractivity contribution >= 4 is 11.6 Å². The summed E-state index contributed by atoms with van der Waals surface area (Å²) in [5, 5.41) is 0. The van der Waals surface area contributed by atoms with Crippen LogP contribution >= 0.6 is 0 Å². The van der Waals surface area contributed by atoms with E-state index in [0.717, 1.165) is 11.1 Å². The Morgan fingerprint density at radius 3 is 2.39 bits per heavy atom. The van der Waals surface area contributed by atoms with E-state index in [-0.39, 0.29) is 17.5 Å². The summed E-state index contributed by atoms with van der Waals surface area (Å²) in [6.45, 7) is 0.695. The van der Waals surface area contributed by atoms with Crippen LogP contribution in [0.15, 0.2) is 66.7 Å². The number of hydrogen-bond acceptors (Lipinski definition) is 6. The molecule has 166 valence electrons. The summed E-state index contributed by atoms with van der Waals surface area (Å²) in [6.07, 6.45) is -1.30. The Hall–Kier alpha value is -3.64. The molecule has 1 aliphatic carbocycles. The Bertz CT molecular complexity index is 1250. The van der Waals surface area contributed by atoms with Gasteiger partial charge in [0.1, 0.15) is 24.6 Å². The maximum absolute atomic E-state index is 13.4. The number of carbonyl (C=O) groups excluding carboxylic acids is 2. The molecule has 0 saturated carbocycles. The van der Waals surface area contributed by atoms with E-state index >= 15 is 0 Å². The van der Waals surface area contributed by atoms with Gasteiger partial charge in [-0.15, -0.1) is 0 Å². The molecule has 0 amide bonds. The number of methoxy groups -OCH3 is 1. The molecule has 4 unspecified atom stereocenters. The third kappa shape index (κ3) is 3.13. The van der Waals surface area contributed by atoms with Gasteiger partial charge in [0.2, 0.25) is 0 Å². The van der Waals surface area contributed by atoms with Crippen molar-refractivity contribution in [3.63, 3.8) is 0 Å². The van der Waals surface area contributed by atoms with Gasteiger partial charge < -0.3 is 18.9 Å². The molecule has 0 N–H and O–H groups in total. The fourth-order valence-electron chi connectivity index (χ4n) is 5.12. The molecule has 0 radical (unpaired) electrons. The number of fused-ring (bicyclic) bond motifs is 6. The summed E-state index contributed by atoms with van der Waals surface area (Å²) in [5.74, 6) is 0.673. The van der Waals surface area contributed by atoms with Gasteiger partial charge in [0.15, 0.2) is 23.1 Å². The van der Waals surface area contributed by atoms with E-state index in [9.17, 15) is 9.59 Å². The SMILES string of the molecule is COc1cc2c(cc1OCc1ccccc1)C1COC3C(=O)c4ccccc4C(=O)C3C1O2. The van der Waals surface area contributed by atoms with Crippen LogP contribution in [-0.4, -0.2) is 37.5 Å². The van der Waals surface area contributed by atoms with Crippen molar-refractivity contribution in [3.8, 4) is 17.2 Å². The Kier molecular flexibility index (Phi) is 4.69. The van der Waals surface area contributed by atoms with E-state index in [4.69, 9.17) is 18.9 Å². The summed E-state index contributed by atoms with van der Waals surface area (Å²) < 4.78 is 23.9. The average Bonchev–Trinajstić information content (AvgIpc) is 3.23. The molecule has 0 aromatic heterocycles. The minimum absolute atomic E-state index is 0.106. The first kappa shape index (κ1) is 20.0. The fourth-order valence-corrected chi connectivity index (χ4v) is 5.12. The number of ether oxygens (including phenoxy) is 4. The molecule has 3 aliphatic rings. The fraction of sp³-hybridized carbons (Fsp3) is 0.259. The molecule has 2 heterocycles. The number of rotatable bonds is 4. The van der Waals surface area contributed by atoms with E-state index in [2.05, 4.69) is 0 Å². The zero-order valence-electron chi connectivity index (χ0n) is 18.0. The summed E-state index contributed by atoms with van der Waals surface area (Å²) in [5.41, 5.74) is 2.82. The standard InChI is InChI=1S/C27H22O6/c1-30-21-12-20-18(11-22(21)31-13-15-7-3-2-4-8-15)19-14-32-27-23(26(19)33-20)24(28)16-9-5-6-10-17(16)25(27)29/h2-12,19,23,26-27H,13-14H2,1H3. The van der Waals surface area contributed by atoms with Crippen molar-refractivity contribution in [1.29, 1.82) is 0 Å². The second-order valence-corrected chi connectivity index (χ2v) is 8.56. The highest BCUT2D eigenvalue weighted by Crippen LogP contribution is 2.50. The van der Waals surface area contributed by atoms with Gasteiger partial charge in [0, 0.05) is 28.7 Å². The average molecular weight is 442 g/mol. The summed E-state index contributed by atoms with van der Waals surface area (Å²) in [4.78, 5) is 26.4. The zero-order valence-corrected chi connectivity index (χ0v) is 18.0. The minimum atomic E-state index is -0.821. The molecule has 2 aliphatic heterocycles. The first-order valence-corrected chi connectivity index (χ1v) is 11.0. The predicted octanol–water partition coefficient (Wildman–Crippen LogP) is 4.21. The monoisotopic (exact) mass is 442 g/mol. The van der Waals surface area contributed by atoms with Crippen LogP contribution in [0.4, 0.5) is 0 Å². The van der Waals surface area contributed by atoms with Crippen LogP contribution in [0, 0.1) is 5.92 Å². The molecule has 6 rings (SSSR count). The van der Waals surface area contributed by atoms with E-state index in [1.54, 1.807) is 37.4 Å². The van der Waals surface area contributed by atoms with Crippen LogP contribution in [0.25, 0.3) is 0 Å². The lowest BCUT2D eigenvalue weighted by Crippen LogP contribution is -2.54. The normalized spacial score (nSPS) is 24.8. The number of benzene rings is 3. The third-order valence-corrected chi connectivity index (χ3v) is 6.75. The van der Waals surface area contributed by atoms with E-state index < -0.39 is 18.1 Å². The molecule has 0 spiro atoms. The smallest absolute Gasteiger partial charge is 0.193 e. The number of Topliss-reactive ketones (excluding diaryl/α,β-unsaturated/α-hetero) is 2. The van der Waals surface area contributed by atoms with Crippen molar-refractivity contribution in [1.82, 2.24) is 0 Å². The quantitative estimate of drug-likeness (QED) is 0.603. The van der Waals surface area contributed by atoms with E-state index in [1.807, 2.05) is 36.4 Å². The predicted molar refractivity (Wildman–Crippen MR) is 119 cm³/mol. The highest BCUT2D eigenvalue weighted by atomic mass is 16.5. The molecule has 6 nitrogen and oxygen atoms in total. The van der Waals surface area contributed by atoms with Gasteiger partial charge in [0.05, 0.1) is 19.6 Å². The highest BCUT2D eigenvalue weighted by molar-refractivity contribution is 6.17. The van der Waals surface area contributed by atoms with Crippen molar-refractivity contribution in [2.75, 3.05) is 13.7 Å². The number of hydrogen-bond donors (Lipinski definition) is 0. The Labute approximate surface area is 191 Å². The minimum Gasteiger partial charge on any atom is -0.493 e. The first-order chi connectivity index (χ1) is 16.2. The summed E-state index contributed by atoms with van der Waals surface area (Å²) in [7, 11) is 1.58. The third-order valence-electron chi connectivity index (χ3n) is 6.75. The van der Waals surface area contributed by atoms with Crippen molar-refractivity contribution in [2.24, 2.45) is 5.92 Å². The van der Waals surface area contributed by atoms with Crippen LogP contribution in [0.2, 0.25) is 0 Å². The Morgan fingerprint density at radius 1 is 0.909 bits per heavy atom. The number of ketones is 2. The van der Waals surface area contributed by atoms with Crippen LogP contribution in [-0.2, 0) is 11.3 Å². The highest BCUT2D eigenvalue weighted by Gasteiger charge is 2.55. The summed E-state index contributed by atoms with van der Waals surface area (Å²) in [6, 6.07) is 20.5. The molecule has 3 aromatic carbocycles. The zero-order chi connectivity index (χ0) is 22.5. The second kappa shape index (κ2) is 7.74. The molecular weight excluding hydrogens is 420 g/mol. The lowest BCUT2D eigenvalue weighted by atomic mass is 9.72.